The van der Waals surface area contributed by atoms with E-state index in [1.165, 1.54) is 18.2 Å². The Morgan fingerprint density at radius 2 is 1.86 bits per heavy atom. The number of amides is 2. The lowest BCUT2D eigenvalue weighted by Gasteiger charge is -2.29. The molecule has 2 aromatic rings. The number of halogens is 2. The summed E-state index contributed by atoms with van der Waals surface area (Å²) in [6.45, 7) is 5.32. The van der Waals surface area contributed by atoms with E-state index in [4.69, 9.17) is 23.2 Å². The Morgan fingerprint density at radius 3 is 2.49 bits per heavy atom. The molecule has 9 nitrogen and oxygen atoms in total. The second-order valence-corrected chi connectivity index (χ2v) is 9.84. The molecule has 3 rings (SSSR count). The van der Waals surface area contributed by atoms with Gasteiger partial charge in [-0.3, -0.25) is 14.6 Å². The lowest BCUT2D eigenvalue weighted by Crippen LogP contribution is -2.44. The van der Waals surface area contributed by atoms with E-state index in [9.17, 15) is 19.5 Å². The van der Waals surface area contributed by atoms with Gasteiger partial charge in [-0.05, 0) is 42.0 Å². The number of hydrogen-bond acceptors (Lipinski definition) is 7. The van der Waals surface area contributed by atoms with Crippen molar-refractivity contribution in [1.29, 1.82) is 0 Å². The van der Waals surface area contributed by atoms with Crippen LogP contribution in [0.2, 0.25) is 10.0 Å². The highest BCUT2D eigenvalue weighted by molar-refractivity contribution is 6.34. The molecule has 0 aliphatic carbocycles. The molecule has 11 heteroatoms. The number of rotatable bonds is 8. The molecule has 35 heavy (non-hydrogen) atoms. The molecular weight excluding hydrogens is 493 g/mol. The molecule has 186 valence electrons. The van der Waals surface area contributed by atoms with Gasteiger partial charge in [0.25, 0.3) is 5.91 Å². The second kappa shape index (κ2) is 11.4. The molecule has 2 amide bonds. The molecule has 0 saturated heterocycles. The molecule has 0 spiro atoms. The third-order valence-electron chi connectivity index (χ3n) is 5.19. The van der Waals surface area contributed by atoms with Gasteiger partial charge < -0.3 is 31.2 Å². The van der Waals surface area contributed by atoms with Crippen LogP contribution in [0.5, 0.6) is 0 Å². The number of benzene rings is 2. The van der Waals surface area contributed by atoms with E-state index < -0.39 is 30.2 Å². The fraction of sp³-hybridized carbons (Fsp3) is 0.333. The predicted octanol–water partition coefficient (Wildman–Crippen LogP) is 2.12. The number of hydrogen-bond donors (Lipinski definition) is 4. The van der Waals surface area contributed by atoms with Gasteiger partial charge in [0.1, 0.15) is 0 Å². The quantitative estimate of drug-likeness (QED) is 0.422. The molecular formula is C24H26Cl2N5O4-. The maximum atomic E-state index is 12.6. The van der Waals surface area contributed by atoms with Crippen molar-refractivity contribution >= 4 is 52.6 Å². The van der Waals surface area contributed by atoms with E-state index in [2.05, 4.69) is 40.1 Å². The monoisotopic (exact) mass is 518 g/mol. The van der Waals surface area contributed by atoms with Gasteiger partial charge in [-0.1, -0.05) is 43.1 Å². The summed E-state index contributed by atoms with van der Waals surface area (Å²) in [6, 6.07) is 10.3. The molecule has 0 aromatic heterocycles. The summed E-state index contributed by atoms with van der Waals surface area (Å²) >= 11 is 12.0. The standard InChI is InChI=1S/C24H27Cl2N5O4/c1-24(2)12-28-23(29-13-24)30-18-5-3-4-14(8-18)22(35)27-11-20(32)31-19(10-21(33)34)15-6-16(25)9-17(26)7-15/h3-9,19H,10-13H2,1-2H3,(H,27,35)(H,31,32)(H,33,34)(H2,28,29,30)/p-1. The van der Waals surface area contributed by atoms with Crippen molar-refractivity contribution in [2.24, 2.45) is 10.4 Å². The van der Waals surface area contributed by atoms with Gasteiger partial charge in [-0.25, -0.2) is 0 Å². The summed E-state index contributed by atoms with van der Waals surface area (Å²) in [7, 11) is 0. The maximum absolute atomic E-state index is 12.6. The number of carboxylic acids is 1. The summed E-state index contributed by atoms with van der Waals surface area (Å²) in [5.74, 6) is -1.79. The van der Waals surface area contributed by atoms with Crippen LogP contribution < -0.4 is 26.4 Å². The van der Waals surface area contributed by atoms with Gasteiger partial charge in [0.15, 0.2) is 5.96 Å². The average Bonchev–Trinajstić information content (AvgIpc) is 2.78. The van der Waals surface area contributed by atoms with Crippen molar-refractivity contribution < 1.29 is 19.5 Å². The van der Waals surface area contributed by atoms with Crippen LogP contribution in [0.4, 0.5) is 5.69 Å². The molecule has 0 radical (unpaired) electrons. The smallest absolute Gasteiger partial charge is 0.251 e. The molecule has 1 heterocycles. The molecule has 1 aliphatic rings. The van der Waals surface area contributed by atoms with Crippen LogP contribution in [-0.4, -0.2) is 43.4 Å². The van der Waals surface area contributed by atoms with Crippen molar-refractivity contribution in [3.63, 3.8) is 0 Å². The molecule has 1 unspecified atom stereocenters. The Balaban J connectivity index is 1.59. The molecule has 4 N–H and O–H groups in total. The van der Waals surface area contributed by atoms with Crippen molar-refractivity contribution in [3.05, 3.63) is 63.6 Å². The zero-order valence-electron chi connectivity index (χ0n) is 19.3. The van der Waals surface area contributed by atoms with Crippen LogP contribution in [0.3, 0.4) is 0 Å². The number of anilines is 1. The summed E-state index contributed by atoms with van der Waals surface area (Å²) in [5, 5.41) is 23.2. The van der Waals surface area contributed by atoms with E-state index in [0.717, 1.165) is 6.54 Å². The van der Waals surface area contributed by atoms with Crippen molar-refractivity contribution in [2.75, 3.05) is 25.0 Å². The van der Waals surface area contributed by atoms with Gasteiger partial charge in [0.2, 0.25) is 5.91 Å². The number of carbonyl (C=O) groups is 3. The number of carboxylic acid groups (broad SMARTS) is 1. The summed E-state index contributed by atoms with van der Waals surface area (Å²) in [6.07, 6.45) is -0.487. The topological polar surface area (TPSA) is 135 Å². The zero-order chi connectivity index (χ0) is 25.6. The third-order valence-corrected chi connectivity index (χ3v) is 5.63. The Morgan fingerprint density at radius 1 is 1.14 bits per heavy atom. The first-order valence-electron chi connectivity index (χ1n) is 10.9. The van der Waals surface area contributed by atoms with E-state index in [1.54, 1.807) is 24.3 Å². The zero-order valence-corrected chi connectivity index (χ0v) is 20.8. The summed E-state index contributed by atoms with van der Waals surface area (Å²) in [4.78, 5) is 40.7. The number of carbonyl (C=O) groups excluding carboxylic acids is 3. The summed E-state index contributed by atoms with van der Waals surface area (Å²) < 4.78 is 0. The largest absolute Gasteiger partial charge is 0.550 e. The van der Waals surface area contributed by atoms with E-state index in [-0.39, 0.29) is 12.0 Å². The Bertz CT molecular complexity index is 1130. The van der Waals surface area contributed by atoms with E-state index >= 15 is 0 Å². The number of nitrogens with one attached hydrogen (secondary N) is 4. The Hall–Kier alpha value is -3.30. The van der Waals surface area contributed by atoms with Gasteiger partial charge in [-0.2, -0.15) is 0 Å². The lowest BCUT2D eigenvalue weighted by atomic mass is 9.93. The minimum atomic E-state index is -1.36. The first-order chi connectivity index (χ1) is 16.5. The summed E-state index contributed by atoms with van der Waals surface area (Å²) in [5.41, 5.74) is 1.49. The van der Waals surface area contributed by atoms with Crippen molar-refractivity contribution in [2.45, 2.75) is 26.3 Å². The minimum Gasteiger partial charge on any atom is -0.550 e. The van der Waals surface area contributed by atoms with Crippen LogP contribution >= 0.6 is 23.2 Å². The lowest BCUT2D eigenvalue weighted by molar-refractivity contribution is -0.306. The highest BCUT2D eigenvalue weighted by atomic mass is 35.5. The Labute approximate surface area is 213 Å². The molecule has 0 fully saturated rings. The first-order valence-corrected chi connectivity index (χ1v) is 11.7. The van der Waals surface area contributed by atoms with Gasteiger partial charge in [0, 0.05) is 52.2 Å². The molecule has 2 aromatic carbocycles. The third kappa shape index (κ3) is 8.15. The second-order valence-electron chi connectivity index (χ2n) is 8.97. The number of aliphatic carboxylic acids is 1. The van der Waals surface area contributed by atoms with Crippen molar-refractivity contribution in [1.82, 2.24) is 16.0 Å². The van der Waals surface area contributed by atoms with Gasteiger partial charge in [-0.15, -0.1) is 0 Å². The molecule has 1 aliphatic heterocycles. The van der Waals surface area contributed by atoms with Gasteiger partial charge in [0.05, 0.1) is 12.6 Å². The number of guanidine groups is 1. The fourth-order valence-electron chi connectivity index (χ4n) is 3.39. The molecule has 0 bridgehead atoms. The Kier molecular flexibility index (Phi) is 8.58. The van der Waals surface area contributed by atoms with Crippen LogP contribution in [-0.2, 0) is 9.59 Å². The van der Waals surface area contributed by atoms with Gasteiger partial charge >= 0.3 is 0 Å². The average molecular weight is 519 g/mol. The highest BCUT2D eigenvalue weighted by Crippen LogP contribution is 2.25. The first kappa shape index (κ1) is 26.3. The minimum absolute atomic E-state index is 0.0759. The van der Waals surface area contributed by atoms with Crippen molar-refractivity contribution in [3.8, 4) is 0 Å². The van der Waals surface area contributed by atoms with Crippen LogP contribution in [0.25, 0.3) is 0 Å². The van der Waals surface area contributed by atoms with Crippen LogP contribution in [0.15, 0.2) is 47.5 Å². The van der Waals surface area contributed by atoms with E-state index in [1.807, 2.05) is 0 Å². The van der Waals surface area contributed by atoms with Crippen LogP contribution in [0, 0.1) is 5.41 Å². The van der Waals surface area contributed by atoms with Crippen LogP contribution in [0.1, 0.15) is 42.2 Å². The normalized spacial score (nSPS) is 15.3. The highest BCUT2D eigenvalue weighted by Gasteiger charge is 2.22. The number of nitrogens with zero attached hydrogens (tertiary/aromatic N) is 1. The fourth-order valence-corrected chi connectivity index (χ4v) is 3.93. The van der Waals surface area contributed by atoms with E-state index in [0.29, 0.717) is 39.4 Å². The SMILES string of the molecule is CC1(C)CN=C(Nc2cccc(C(=O)NCC(=O)NC(CC(=O)[O-])c3cc(Cl)cc(Cl)c3)c2)NC1. The maximum Gasteiger partial charge on any atom is 0.251 e. The number of aliphatic imine (C=N–C) groups is 1. The molecule has 0 saturated carbocycles. The molecule has 1 atom stereocenters. The predicted molar refractivity (Wildman–Crippen MR) is 133 cm³/mol.